The summed E-state index contributed by atoms with van der Waals surface area (Å²) in [5.74, 6) is -0.272. The standard InChI is InChI=1S/C14H19ClN2O2/c1-9(18)10-3-4-12(11(15)7-10)17-6-5-14(2,8-17)13(16)19/h3-4,7,9,18H,5-6,8H2,1-2H3,(H2,16,19)/t9-,14?/m0/s1. The smallest absolute Gasteiger partial charge is 0.225 e. The van der Waals surface area contributed by atoms with Gasteiger partial charge < -0.3 is 15.7 Å². The number of hydrogen-bond acceptors (Lipinski definition) is 3. The lowest BCUT2D eigenvalue weighted by molar-refractivity contribution is -0.125. The van der Waals surface area contributed by atoms with Crippen molar-refractivity contribution >= 4 is 23.2 Å². The molecule has 1 aromatic carbocycles. The molecule has 1 amide bonds. The summed E-state index contributed by atoms with van der Waals surface area (Å²) in [5, 5.41) is 10.1. The van der Waals surface area contributed by atoms with Crippen molar-refractivity contribution in [2.24, 2.45) is 11.1 Å². The number of halogens is 1. The van der Waals surface area contributed by atoms with Gasteiger partial charge in [0.2, 0.25) is 5.91 Å². The number of carbonyl (C=O) groups is 1. The van der Waals surface area contributed by atoms with E-state index in [1.807, 2.05) is 19.1 Å². The second-order valence-corrected chi connectivity index (χ2v) is 5.89. The first-order valence-electron chi connectivity index (χ1n) is 6.36. The molecular weight excluding hydrogens is 264 g/mol. The minimum Gasteiger partial charge on any atom is -0.389 e. The van der Waals surface area contributed by atoms with Crippen LogP contribution in [0.4, 0.5) is 5.69 Å². The maximum Gasteiger partial charge on any atom is 0.225 e. The van der Waals surface area contributed by atoms with Crippen LogP contribution in [0.3, 0.4) is 0 Å². The zero-order chi connectivity index (χ0) is 14.2. The number of nitrogens with zero attached hydrogens (tertiary/aromatic N) is 1. The summed E-state index contributed by atoms with van der Waals surface area (Å²) in [6.45, 7) is 4.92. The molecule has 0 radical (unpaired) electrons. The number of rotatable bonds is 3. The Hall–Kier alpha value is -1.26. The number of benzene rings is 1. The number of primary amides is 1. The van der Waals surface area contributed by atoms with E-state index in [-0.39, 0.29) is 5.91 Å². The van der Waals surface area contributed by atoms with Gasteiger partial charge in [0.1, 0.15) is 0 Å². The fourth-order valence-electron chi connectivity index (χ4n) is 2.41. The van der Waals surface area contributed by atoms with Crippen LogP contribution in [0.2, 0.25) is 5.02 Å². The summed E-state index contributed by atoms with van der Waals surface area (Å²) in [5.41, 5.74) is 6.62. The maximum atomic E-state index is 11.5. The van der Waals surface area contributed by atoms with E-state index < -0.39 is 11.5 Å². The van der Waals surface area contributed by atoms with Crippen molar-refractivity contribution in [3.63, 3.8) is 0 Å². The third-order valence-corrected chi connectivity index (χ3v) is 4.17. The first kappa shape index (κ1) is 14.2. The molecule has 104 valence electrons. The normalized spacial score (nSPS) is 24.5. The third-order valence-electron chi connectivity index (χ3n) is 3.86. The molecule has 2 rings (SSSR count). The molecular formula is C14H19ClN2O2. The molecule has 1 heterocycles. The molecule has 1 aliphatic rings. The highest BCUT2D eigenvalue weighted by Gasteiger charge is 2.39. The van der Waals surface area contributed by atoms with Gasteiger partial charge in [-0.15, -0.1) is 0 Å². The third kappa shape index (κ3) is 2.69. The van der Waals surface area contributed by atoms with E-state index in [9.17, 15) is 9.90 Å². The lowest BCUT2D eigenvalue weighted by Crippen LogP contribution is -2.37. The maximum absolute atomic E-state index is 11.5. The second-order valence-electron chi connectivity index (χ2n) is 5.48. The van der Waals surface area contributed by atoms with Crippen LogP contribution in [0, 0.1) is 5.41 Å². The summed E-state index contributed by atoms with van der Waals surface area (Å²) in [6, 6.07) is 5.50. The highest BCUT2D eigenvalue weighted by atomic mass is 35.5. The van der Waals surface area contributed by atoms with Gasteiger partial charge in [0.05, 0.1) is 22.2 Å². The molecule has 1 saturated heterocycles. The van der Waals surface area contributed by atoms with Crippen molar-refractivity contribution in [2.45, 2.75) is 26.4 Å². The summed E-state index contributed by atoms with van der Waals surface area (Å²) in [4.78, 5) is 13.5. The van der Waals surface area contributed by atoms with E-state index in [1.165, 1.54) is 0 Å². The van der Waals surface area contributed by atoms with Crippen LogP contribution >= 0.6 is 11.6 Å². The minimum absolute atomic E-state index is 0.272. The molecule has 0 spiro atoms. The molecule has 0 saturated carbocycles. The first-order valence-corrected chi connectivity index (χ1v) is 6.74. The number of carbonyl (C=O) groups excluding carboxylic acids is 1. The van der Waals surface area contributed by atoms with Gasteiger partial charge in [-0.25, -0.2) is 0 Å². The zero-order valence-electron chi connectivity index (χ0n) is 11.2. The average molecular weight is 283 g/mol. The van der Waals surface area contributed by atoms with Crippen molar-refractivity contribution in [2.75, 3.05) is 18.0 Å². The number of anilines is 1. The Bertz CT molecular complexity index is 504. The van der Waals surface area contributed by atoms with Crippen LogP contribution in [-0.4, -0.2) is 24.1 Å². The number of nitrogens with two attached hydrogens (primary N) is 1. The molecule has 5 heteroatoms. The van der Waals surface area contributed by atoms with Crippen LogP contribution in [0.5, 0.6) is 0 Å². The van der Waals surface area contributed by atoms with Crippen molar-refractivity contribution in [1.82, 2.24) is 0 Å². The van der Waals surface area contributed by atoms with Crippen molar-refractivity contribution < 1.29 is 9.90 Å². The quantitative estimate of drug-likeness (QED) is 0.892. The van der Waals surface area contributed by atoms with Crippen molar-refractivity contribution in [1.29, 1.82) is 0 Å². The van der Waals surface area contributed by atoms with Gasteiger partial charge in [0.15, 0.2) is 0 Å². The molecule has 1 fully saturated rings. The molecule has 1 aromatic rings. The summed E-state index contributed by atoms with van der Waals surface area (Å²) >= 11 is 6.26. The Kier molecular flexibility index (Phi) is 3.74. The predicted octanol–water partition coefficient (Wildman–Crippen LogP) is 2.09. The van der Waals surface area contributed by atoms with Gasteiger partial charge in [0.25, 0.3) is 0 Å². The summed E-state index contributed by atoms with van der Waals surface area (Å²) < 4.78 is 0. The average Bonchev–Trinajstić information content (AvgIpc) is 2.73. The van der Waals surface area contributed by atoms with Gasteiger partial charge in [-0.1, -0.05) is 17.7 Å². The lowest BCUT2D eigenvalue weighted by Gasteiger charge is -2.23. The Morgan fingerprint density at radius 2 is 2.26 bits per heavy atom. The largest absolute Gasteiger partial charge is 0.389 e. The van der Waals surface area contributed by atoms with Crippen molar-refractivity contribution in [3.8, 4) is 0 Å². The van der Waals surface area contributed by atoms with Gasteiger partial charge in [0, 0.05) is 13.1 Å². The lowest BCUT2D eigenvalue weighted by atomic mass is 9.89. The van der Waals surface area contributed by atoms with E-state index in [0.717, 1.165) is 24.2 Å². The van der Waals surface area contributed by atoms with Crippen LogP contribution < -0.4 is 10.6 Å². The predicted molar refractivity (Wildman–Crippen MR) is 76.2 cm³/mol. The molecule has 0 bridgehead atoms. The van der Waals surface area contributed by atoms with Crippen LogP contribution in [-0.2, 0) is 4.79 Å². The zero-order valence-corrected chi connectivity index (χ0v) is 11.9. The van der Waals surface area contributed by atoms with Crippen molar-refractivity contribution in [3.05, 3.63) is 28.8 Å². The molecule has 4 nitrogen and oxygen atoms in total. The summed E-state index contributed by atoms with van der Waals surface area (Å²) in [6.07, 6.45) is 0.192. The SMILES string of the molecule is C[C@H](O)c1ccc(N2CCC(C)(C(N)=O)C2)c(Cl)c1. The number of aliphatic hydroxyl groups excluding tert-OH is 1. The molecule has 1 aliphatic heterocycles. The number of amides is 1. The Labute approximate surface area is 118 Å². The second kappa shape index (κ2) is 5.02. The highest BCUT2D eigenvalue weighted by molar-refractivity contribution is 6.33. The Morgan fingerprint density at radius 1 is 1.58 bits per heavy atom. The first-order chi connectivity index (χ1) is 8.83. The fraction of sp³-hybridized carbons (Fsp3) is 0.500. The van der Waals surface area contributed by atoms with Gasteiger partial charge >= 0.3 is 0 Å². The molecule has 2 atom stereocenters. The van der Waals surface area contributed by atoms with E-state index >= 15 is 0 Å². The molecule has 19 heavy (non-hydrogen) atoms. The summed E-state index contributed by atoms with van der Waals surface area (Å²) in [7, 11) is 0. The van der Waals surface area contributed by atoms with Crippen LogP contribution in [0.15, 0.2) is 18.2 Å². The van der Waals surface area contributed by atoms with E-state index in [1.54, 1.807) is 13.0 Å². The van der Waals surface area contributed by atoms with Crippen LogP contribution in [0.1, 0.15) is 31.9 Å². The number of hydrogen-bond donors (Lipinski definition) is 2. The molecule has 0 aromatic heterocycles. The van der Waals surface area contributed by atoms with Gasteiger partial charge in [-0.2, -0.15) is 0 Å². The van der Waals surface area contributed by atoms with Crippen LogP contribution in [0.25, 0.3) is 0 Å². The number of aliphatic hydroxyl groups is 1. The molecule has 3 N–H and O–H groups in total. The Morgan fingerprint density at radius 3 is 2.74 bits per heavy atom. The van der Waals surface area contributed by atoms with Gasteiger partial charge in [-0.3, -0.25) is 4.79 Å². The molecule has 0 aliphatic carbocycles. The highest BCUT2D eigenvalue weighted by Crippen LogP contribution is 2.37. The monoisotopic (exact) mass is 282 g/mol. The van der Waals surface area contributed by atoms with E-state index in [2.05, 4.69) is 4.90 Å². The molecule has 1 unspecified atom stereocenters. The topological polar surface area (TPSA) is 66.6 Å². The Balaban J connectivity index is 2.23. The van der Waals surface area contributed by atoms with E-state index in [0.29, 0.717) is 11.6 Å². The fourth-order valence-corrected chi connectivity index (χ4v) is 2.72. The minimum atomic E-state index is -0.541. The van der Waals surface area contributed by atoms with Gasteiger partial charge in [-0.05, 0) is 38.0 Å². The van der Waals surface area contributed by atoms with E-state index in [4.69, 9.17) is 17.3 Å².